The van der Waals surface area contributed by atoms with Crippen LogP contribution in [0.5, 0.6) is 0 Å². The number of thiazole rings is 1. The first-order chi connectivity index (χ1) is 8.22. The Morgan fingerprint density at radius 3 is 2.82 bits per heavy atom. The van der Waals surface area contributed by atoms with Gasteiger partial charge in [-0.15, -0.1) is 11.3 Å². The molecule has 0 bridgehead atoms. The Morgan fingerprint density at radius 1 is 1.47 bits per heavy atom. The van der Waals surface area contributed by atoms with Gasteiger partial charge in [0.1, 0.15) is 0 Å². The summed E-state index contributed by atoms with van der Waals surface area (Å²) in [5, 5.41) is 2.68. The van der Waals surface area contributed by atoms with Crippen molar-refractivity contribution < 1.29 is 9.53 Å². The third-order valence-corrected chi connectivity index (χ3v) is 4.24. The number of carbonyl (C=O) groups excluding carboxylic acids is 1. The van der Waals surface area contributed by atoms with Gasteiger partial charge >= 0.3 is 5.97 Å². The van der Waals surface area contributed by atoms with E-state index < -0.39 is 0 Å². The minimum atomic E-state index is -0.357. The monoisotopic (exact) mass is 254 g/mol. The summed E-state index contributed by atoms with van der Waals surface area (Å²) in [6, 6.07) is 0.570. The average Bonchev–Trinajstić information content (AvgIpc) is 2.87. The molecule has 1 fully saturated rings. The normalized spacial score (nSPS) is 16.8. The predicted molar refractivity (Wildman–Crippen MR) is 68.7 cm³/mol. The lowest BCUT2D eigenvalue weighted by atomic mass is 9.95. The molecule has 4 nitrogen and oxygen atoms in total. The topological polar surface area (TPSA) is 42.4 Å². The largest absolute Gasteiger partial charge is 0.464 e. The SMILES string of the molecule is COC(=O)c1csc(N(C)C2CCCCC2)n1. The Labute approximate surface area is 106 Å². The lowest BCUT2D eigenvalue weighted by Crippen LogP contribution is -2.33. The van der Waals surface area contributed by atoms with E-state index in [0.717, 1.165) is 5.13 Å². The van der Waals surface area contributed by atoms with Crippen LogP contribution in [0.15, 0.2) is 5.38 Å². The summed E-state index contributed by atoms with van der Waals surface area (Å²) in [4.78, 5) is 17.9. The van der Waals surface area contributed by atoms with E-state index >= 15 is 0 Å². The van der Waals surface area contributed by atoms with Gasteiger partial charge in [-0.1, -0.05) is 19.3 Å². The number of methoxy groups -OCH3 is 1. The molecule has 0 radical (unpaired) electrons. The first kappa shape index (κ1) is 12.4. The highest BCUT2D eigenvalue weighted by Gasteiger charge is 2.21. The number of nitrogens with zero attached hydrogens (tertiary/aromatic N) is 2. The van der Waals surface area contributed by atoms with Crippen LogP contribution < -0.4 is 4.90 Å². The zero-order valence-corrected chi connectivity index (χ0v) is 11.1. The number of esters is 1. The molecular weight excluding hydrogens is 236 g/mol. The van der Waals surface area contributed by atoms with E-state index in [4.69, 9.17) is 0 Å². The zero-order valence-electron chi connectivity index (χ0n) is 10.3. The standard InChI is InChI=1S/C12H18N2O2S/c1-14(9-6-4-3-5-7-9)12-13-10(8-17-12)11(15)16-2/h8-9H,3-7H2,1-2H3. The van der Waals surface area contributed by atoms with E-state index in [2.05, 4.69) is 21.7 Å². The van der Waals surface area contributed by atoms with Crippen molar-refractivity contribution in [3.05, 3.63) is 11.1 Å². The van der Waals surface area contributed by atoms with Crippen LogP contribution in [0.3, 0.4) is 0 Å². The molecule has 94 valence electrons. The molecular formula is C12H18N2O2S. The maximum atomic E-state index is 11.3. The number of ether oxygens (including phenoxy) is 1. The number of rotatable bonds is 3. The van der Waals surface area contributed by atoms with Crippen molar-refractivity contribution in [2.75, 3.05) is 19.1 Å². The third kappa shape index (κ3) is 2.77. The van der Waals surface area contributed by atoms with E-state index in [9.17, 15) is 4.79 Å². The molecule has 1 aliphatic carbocycles. The van der Waals surface area contributed by atoms with E-state index in [1.54, 1.807) is 5.38 Å². The Morgan fingerprint density at radius 2 is 2.18 bits per heavy atom. The summed E-state index contributed by atoms with van der Waals surface area (Å²) in [5.74, 6) is -0.357. The van der Waals surface area contributed by atoms with Gasteiger partial charge in [0.05, 0.1) is 7.11 Å². The van der Waals surface area contributed by atoms with Gasteiger partial charge in [-0.2, -0.15) is 0 Å². The Kier molecular flexibility index (Phi) is 3.99. The summed E-state index contributed by atoms with van der Waals surface area (Å²) >= 11 is 1.51. The predicted octanol–water partition coefficient (Wildman–Crippen LogP) is 2.70. The Balaban J connectivity index is 2.05. The van der Waals surface area contributed by atoms with Gasteiger partial charge in [0.2, 0.25) is 0 Å². The molecule has 1 aromatic rings. The molecule has 0 saturated heterocycles. The molecule has 0 atom stereocenters. The van der Waals surface area contributed by atoms with E-state index in [1.807, 2.05) is 0 Å². The van der Waals surface area contributed by atoms with Gasteiger partial charge in [-0.05, 0) is 12.8 Å². The van der Waals surface area contributed by atoms with E-state index in [1.165, 1.54) is 50.6 Å². The van der Waals surface area contributed by atoms with Crippen LogP contribution in [0.4, 0.5) is 5.13 Å². The highest BCUT2D eigenvalue weighted by atomic mass is 32.1. The lowest BCUT2D eigenvalue weighted by molar-refractivity contribution is 0.0595. The molecule has 0 aliphatic heterocycles. The van der Waals surface area contributed by atoms with Crippen LogP contribution >= 0.6 is 11.3 Å². The van der Waals surface area contributed by atoms with E-state index in [0.29, 0.717) is 11.7 Å². The molecule has 17 heavy (non-hydrogen) atoms. The summed E-state index contributed by atoms with van der Waals surface area (Å²) in [5.41, 5.74) is 0.412. The second kappa shape index (κ2) is 5.49. The van der Waals surface area contributed by atoms with Gasteiger partial charge in [-0.3, -0.25) is 0 Å². The quantitative estimate of drug-likeness (QED) is 0.778. The molecule has 0 aromatic carbocycles. The van der Waals surface area contributed by atoms with Crippen LogP contribution in [-0.4, -0.2) is 31.2 Å². The molecule has 1 aromatic heterocycles. The molecule has 1 aliphatic rings. The Hall–Kier alpha value is -1.10. The number of hydrogen-bond donors (Lipinski definition) is 0. The van der Waals surface area contributed by atoms with Crippen molar-refractivity contribution in [3.8, 4) is 0 Å². The van der Waals surface area contributed by atoms with Crippen LogP contribution in [-0.2, 0) is 4.74 Å². The molecule has 2 rings (SSSR count). The number of aromatic nitrogens is 1. The first-order valence-corrected chi connectivity index (χ1v) is 6.87. The average molecular weight is 254 g/mol. The van der Waals surface area contributed by atoms with Crippen molar-refractivity contribution in [1.82, 2.24) is 4.98 Å². The molecule has 0 spiro atoms. The van der Waals surface area contributed by atoms with Crippen LogP contribution in [0, 0.1) is 0 Å². The second-order valence-corrected chi connectivity index (χ2v) is 5.25. The number of anilines is 1. The van der Waals surface area contributed by atoms with Crippen molar-refractivity contribution in [2.45, 2.75) is 38.1 Å². The minimum Gasteiger partial charge on any atom is -0.464 e. The molecule has 5 heteroatoms. The van der Waals surface area contributed by atoms with Crippen LogP contribution in [0.2, 0.25) is 0 Å². The third-order valence-electron chi connectivity index (χ3n) is 3.31. The second-order valence-electron chi connectivity index (χ2n) is 4.41. The maximum Gasteiger partial charge on any atom is 0.357 e. The molecule has 1 heterocycles. The zero-order chi connectivity index (χ0) is 12.3. The highest BCUT2D eigenvalue weighted by Crippen LogP contribution is 2.28. The molecule has 0 N–H and O–H groups in total. The van der Waals surface area contributed by atoms with Gasteiger partial charge < -0.3 is 9.64 Å². The van der Waals surface area contributed by atoms with Gasteiger partial charge in [0, 0.05) is 18.5 Å². The smallest absolute Gasteiger partial charge is 0.357 e. The van der Waals surface area contributed by atoms with Gasteiger partial charge in [0.25, 0.3) is 0 Å². The Bertz CT molecular complexity index is 386. The van der Waals surface area contributed by atoms with Crippen molar-refractivity contribution in [2.24, 2.45) is 0 Å². The first-order valence-electron chi connectivity index (χ1n) is 5.99. The fourth-order valence-electron chi connectivity index (χ4n) is 2.25. The van der Waals surface area contributed by atoms with Gasteiger partial charge in [-0.25, -0.2) is 9.78 Å². The fraction of sp³-hybridized carbons (Fsp3) is 0.667. The number of hydrogen-bond acceptors (Lipinski definition) is 5. The summed E-state index contributed by atoms with van der Waals surface area (Å²) in [7, 11) is 3.45. The minimum absolute atomic E-state index is 0.357. The van der Waals surface area contributed by atoms with Gasteiger partial charge in [0.15, 0.2) is 10.8 Å². The van der Waals surface area contributed by atoms with Crippen molar-refractivity contribution in [1.29, 1.82) is 0 Å². The highest BCUT2D eigenvalue weighted by molar-refractivity contribution is 7.13. The van der Waals surface area contributed by atoms with E-state index in [-0.39, 0.29) is 5.97 Å². The fourth-order valence-corrected chi connectivity index (χ4v) is 3.08. The number of carbonyl (C=O) groups is 1. The summed E-state index contributed by atoms with van der Waals surface area (Å²) < 4.78 is 4.66. The lowest BCUT2D eigenvalue weighted by Gasteiger charge is -2.30. The molecule has 1 saturated carbocycles. The van der Waals surface area contributed by atoms with Crippen LogP contribution in [0.1, 0.15) is 42.6 Å². The molecule has 0 amide bonds. The molecule has 0 unspecified atom stereocenters. The van der Waals surface area contributed by atoms with Crippen LogP contribution in [0.25, 0.3) is 0 Å². The summed E-state index contributed by atoms with van der Waals surface area (Å²) in [6.45, 7) is 0. The maximum absolute atomic E-state index is 11.3. The summed E-state index contributed by atoms with van der Waals surface area (Å²) in [6.07, 6.45) is 6.39. The van der Waals surface area contributed by atoms with Crippen molar-refractivity contribution >= 4 is 22.4 Å². The van der Waals surface area contributed by atoms with Crippen molar-refractivity contribution in [3.63, 3.8) is 0 Å².